The fraction of sp³-hybridized carbons (Fsp3) is 0.727. The Morgan fingerprint density at radius 3 is 2.67 bits per heavy atom. The summed E-state index contributed by atoms with van der Waals surface area (Å²) in [6, 6.07) is 0. The predicted molar refractivity (Wildman–Crippen MR) is 63.4 cm³/mol. The minimum Gasteiger partial charge on any atom is -0.396 e. The van der Waals surface area contributed by atoms with Crippen molar-refractivity contribution < 1.29 is 5.11 Å². The van der Waals surface area contributed by atoms with Crippen LogP contribution in [0.1, 0.15) is 29.8 Å². The van der Waals surface area contributed by atoms with Gasteiger partial charge < -0.3 is 10.4 Å². The number of aromatic nitrogens is 1. The molecule has 2 N–H and O–H groups in total. The lowest BCUT2D eigenvalue weighted by Crippen LogP contribution is -2.16. The molecule has 3 nitrogen and oxygen atoms in total. The van der Waals surface area contributed by atoms with Crippen molar-refractivity contribution >= 4 is 16.5 Å². The smallest absolute Gasteiger partial charge is 0.183 e. The molecular formula is C11H18N2OS. The van der Waals surface area contributed by atoms with Gasteiger partial charge in [-0.3, -0.25) is 0 Å². The molecule has 0 amide bonds. The molecule has 1 aromatic heterocycles. The third-order valence-electron chi connectivity index (χ3n) is 3.24. The molecule has 0 bridgehead atoms. The number of hydrogen-bond acceptors (Lipinski definition) is 4. The zero-order valence-corrected chi connectivity index (χ0v) is 10.2. The molecule has 84 valence electrons. The van der Waals surface area contributed by atoms with Crippen molar-refractivity contribution in [1.82, 2.24) is 4.98 Å². The minimum absolute atomic E-state index is 0.303. The highest BCUT2D eigenvalue weighted by molar-refractivity contribution is 7.15. The molecule has 4 heteroatoms. The Morgan fingerprint density at radius 2 is 2.20 bits per heavy atom. The molecule has 0 atom stereocenters. The van der Waals surface area contributed by atoms with Gasteiger partial charge in [0.15, 0.2) is 5.13 Å². The Morgan fingerprint density at radius 1 is 1.47 bits per heavy atom. The third kappa shape index (κ3) is 2.49. The van der Waals surface area contributed by atoms with Crippen LogP contribution in [0.25, 0.3) is 0 Å². The van der Waals surface area contributed by atoms with Crippen LogP contribution in [0.4, 0.5) is 5.13 Å². The average Bonchev–Trinajstić information content (AvgIpc) is 2.88. The summed E-state index contributed by atoms with van der Waals surface area (Å²) in [7, 11) is 0. The van der Waals surface area contributed by atoms with Crippen LogP contribution in [0.3, 0.4) is 0 Å². The van der Waals surface area contributed by atoms with Crippen LogP contribution in [0.15, 0.2) is 0 Å². The Labute approximate surface area is 94.5 Å². The van der Waals surface area contributed by atoms with Crippen molar-refractivity contribution in [2.75, 3.05) is 18.5 Å². The fourth-order valence-corrected chi connectivity index (χ4v) is 2.55. The Balaban J connectivity index is 1.88. The van der Waals surface area contributed by atoms with Crippen LogP contribution in [-0.4, -0.2) is 23.2 Å². The van der Waals surface area contributed by atoms with E-state index in [1.807, 2.05) is 6.92 Å². The molecule has 0 radical (unpaired) electrons. The van der Waals surface area contributed by atoms with Crippen LogP contribution in [-0.2, 0) is 0 Å². The molecule has 1 heterocycles. The molecule has 1 aliphatic carbocycles. The summed E-state index contributed by atoms with van der Waals surface area (Å²) in [5.41, 5.74) is 1.48. The molecule has 15 heavy (non-hydrogen) atoms. The quantitative estimate of drug-likeness (QED) is 0.810. The van der Waals surface area contributed by atoms with Crippen molar-refractivity contribution in [1.29, 1.82) is 0 Å². The van der Waals surface area contributed by atoms with Gasteiger partial charge in [-0.25, -0.2) is 4.98 Å². The molecule has 0 aromatic carbocycles. The number of thiazole rings is 1. The SMILES string of the molecule is Cc1nc(NCC2(CCO)CC2)sc1C. The highest BCUT2D eigenvalue weighted by Gasteiger charge is 2.41. The van der Waals surface area contributed by atoms with E-state index in [9.17, 15) is 0 Å². The summed E-state index contributed by atoms with van der Waals surface area (Å²) in [5, 5.41) is 13.4. The van der Waals surface area contributed by atoms with Crippen LogP contribution in [0.2, 0.25) is 0 Å². The predicted octanol–water partition coefficient (Wildman–Crippen LogP) is 2.33. The standard InChI is InChI=1S/C11H18N2OS/c1-8-9(2)15-10(13-8)12-7-11(3-4-11)5-6-14/h14H,3-7H2,1-2H3,(H,12,13). The van der Waals surface area contributed by atoms with Gasteiger partial charge >= 0.3 is 0 Å². The molecule has 1 aromatic rings. The lowest BCUT2D eigenvalue weighted by atomic mass is 10.0. The molecule has 1 aliphatic rings. The second-order valence-corrected chi connectivity index (χ2v) is 5.69. The summed E-state index contributed by atoms with van der Waals surface area (Å²) in [4.78, 5) is 5.73. The van der Waals surface area contributed by atoms with E-state index in [4.69, 9.17) is 5.11 Å². The molecule has 0 unspecified atom stereocenters. The first kappa shape index (κ1) is 10.9. The highest BCUT2D eigenvalue weighted by Crippen LogP contribution is 2.48. The lowest BCUT2D eigenvalue weighted by Gasteiger charge is -2.13. The van der Waals surface area contributed by atoms with Gasteiger partial charge in [-0.2, -0.15) is 0 Å². The van der Waals surface area contributed by atoms with Crippen molar-refractivity contribution in [3.63, 3.8) is 0 Å². The van der Waals surface area contributed by atoms with Gasteiger partial charge in [0.05, 0.1) is 5.69 Å². The molecule has 0 aliphatic heterocycles. The number of aliphatic hydroxyl groups excluding tert-OH is 1. The van der Waals surface area contributed by atoms with E-state index in [2.05, 4.69) is 17.2 Å². The van der Waals surface area contributed by atoms with Crippen molar-refractivity contribution in [3.8, 4) is 0 Å². The maximum atomic E-state index is 8.95. The number of hydrogen-bond donors (Lipinski definition) is 2. The first-order valence-corrected chi connectivity index (χ1v) is 6.26. The second kappa shape index (κ2) is 4.10. The Hall–Kier alpha value is -0.610. The van der Waals surface area contributed by atoms with Gasteiger partial charge in [0.1, 0.15) is 0 Å². The lowest BCUT2D eigenvalue weighted by molar-refractivity contribution is 0.253. The molecule has 1 fully saturated rings. The van der Waals surface area contributed by atoms with Crippen LogP contribution in [0, 0.1) is 19.3 Å². The highest BCUT2D eigenvalue weighted by atomic mass is 32.1. The van der Waals surface area contributed by atoms with E-state index in [0.717, 1.165) is 23.8 Å². The van der Waals surface area contributed by atoms with E-state index in [-0.39, 0.29) is 0 Å². The van der Waals surface area contributed by atoms with E-state index in [1.54, 1.807) is 11.3 Å². The molecule has 1 saturated carbocycles. The molecule has 0 spiro atoms. The average molecular weight is 226 g/mol. The molecule has 0 saturated heterocycles. The number of rotatable bonds is 5. The maximum Gasteiger partial charge on any atom is 0.183 e. The fourth-order valence-electron chi connectivity index (χ4n) is 1.74. The van der Waals surface area contributed by atoms with Gasteiger partial charge in [-0.05, 0) is 38.5 Å². The molecule has 2 rings (SSSR count). The number of nitrogens with zero attached hydrogens (tertiary/aromatic N) is 1. The summed E-state index contributed by atoms with van der Waals surface area (Å²) in [5.74, 6) is 0. The van der Waals surface area contributed by atoms with Gasteiger partial charge in [0.25, 0.3) is 0 Å². The second-order valence-electron chi connectivity index (χ2n) is 4.49. The monoisotopic (exact) mass is 226 g/mol. The summed E-state index contributed by atoms with van der Waals surface area (Å²) in [6.45, 7) is 5.40. The first-order chi connectivity index (χ1) is 7.15. The van der Waals surface area contributed by atoms with Gasteiger partial charge in [0, 0.05) is 18.0 Å². The van der Waals surface area contributed by atoms with Crippen molar-refractivity contribution in [2.24, 2.45) is 5.41 Å². The van der Waals surface area contributed by atoms with Gasteiger partial charge in [-0.1, -0.05) is 0 Å². The maximum absolute atomic E-state index is 8.95. The van der Waals surface area contributed by atoms with E-state index < -0.39 is 0 Å². The number of anilines is 1. The zero-order chi connectivity index (χ0) is 10.9. The minimum atomic E-state index is 0.303. The first-order valence-electron chi connectivity index (χ1n) is 5.44. The Bertz CT molecular complexity index is 325. The summed E-state index contributed by atoms with van der Waals surface area (Å²) in [6.07, 6.45) is 3.40. The van der Waals surface area contributed by atoms with Crippen LogP contribution in [0.5, 0.6) is 0 Å². The van der Waals surface area contributed by atoms with Crippen LogP contribution < -0.4 is 5.32 Å². The molecular weight excluding hydrogens is 208 g/mol. The van der Waals surface area contributed by atoms with E-state index >= 15 is 0 Å². The van der Waals surface area contributed by atoms with E-state index in [0.29, 0.717) is 12.0 Å². The summed E-state index contributed by atoms with van der Waals surface area (Å²) < 4.78 is 0. The topological polar surface area (TPSA) is 45.2 Å². The number of aliphatic hydroxyl groups is 1. The van der Waals surface area contributed by atoms with Crippen LogP contribution >= 0.6 is 11.3 Å². The normalized spacial score (nSPS) is 17.8. The summed E-state index contributed by atoms with van der Waals surface area (Å²) >= 11 is 1.72. The zero-order valence-electron chi connectivity index (χ0n) is 9.34. The van der Waals surface area contributed by atoms with E-state index in [1.165, 1.54) is 17.7 Å². The third-order valence-corrected chi connectivity index (χ3v) is 4.27. The van der Waals surface area contributed by atoms with Crippen molar-refractivity contribution in [2.45, 2.75) is 33.1 Å². The van der Waals surface area contributed by atoms with Gasteiger partial charge in [0.2, 0.25) is 0 Å². The largest absolute Gasteiger partial charge is 0.396 e. The van der Waals surface area contributed by atoms with Gasteiger partial charge in [-0.15, -0.1) is 11.3 Å². The van der Waals surface area contributed by atoms with Crippen molar-refractivity contribution in [3.05, 3.63) is 10.6 Å². The number of nitrogens with one attached hydrogen (secondary N) is 1. The Kier molecular flexibility index (Phi) is 2.98. The number of aryl methyl sites for hydroxylation is 2.